The Bertz CT molecular complexity index is 604. The van der Waals surface area contributed by atoms with E-state index in [0.717, 1.165) is 0 Å². The standard InChI is InChI=1S/C13H15N3O5/c1-18-10-4-3-5-11(19-2)12(10)20-7-8-6-9(16-21-8)13(17)15-14/h3-6H,7,14H2,1-2H3,(H,15,17). The van der Waals surface area contributed by atoms with Gasteiger partial charge in [0.05, 0.1) is 14.2 Å². The number of nitrogens with two attached hydrogens (primary N) is 1. The summed E-state index contributed by atoms with van der Waals surface area (Å²) in [5, 5.41) is 3.57. The molecule has 1 aromatic heterocycles. The molecule has 0 spiro atoms. The van der Waals surface area contributed by atoms with Gasteiger partial charge in [-0.3, -0.25) is 10.2 Å². The van der Waals surface area contributed by atoms with E-state index in [9.17, 15) is 4.79 Å². The number of carbonyl (C=O) groups is 1. The molecule has 0 saturated heterocycles. The second-order valence-corrected chi connectivity index (χ2v) is 3.93. The number of rotatable bonds is 6. The Morgan fingerprint density at radius 3 is 2.57 bits per heavy atom. The van der Waals surface area contributed by atoms with Gasteiger partial charge < -0.3 is 18.7 Å². The van der Waals surface area contributed by atoms with Gasteiger partial charge in [-0.25, -0.2) is 5.84 Å². The van der Waals surface area contributed by atoms with Crippen molar-refractivity contribution in [2.75, 3.05) is 14.2 Å². The Morgan fingerprint density at radius 2 is 2.00 bits per heavy atom. The first-order chi connectivity index (χ1) is 10.2. The van der Waals surface area contributed by atoms with Crippen LogP contribution in [0.1, 0.15) is 16.2 Å². The maximum atomic E-state index is 11.3. The van der Waals surface area contributed by atoms with E-state index in [-0.39, 0.29) is 12.3 Å². The second kappa shape index (κ2) is 6.62. The van der Waals surface area contributed by atoms with Crippen LogP contribution in [-0.4, -0.2) is 25.3 Å². The molecule has 2 aromatic rings. The summed E-state index contributed by atoms with van der Waals surface area (Å²) in [6.07, 6.45) is 0. The number of carbonyl (C=O) groups excluding carboxylic acids is 1. The van der Waals surface area contributed by atoms with Gasteiger partial charge in [-0.2, -0.15) is 0 Å². The normalized spacial score (nSPS) is 10.0. The molecule has 0 unspecified atom stereocenters. The number of aromatic nitrogens is 1. The SMILES string of the molecule is COc1cccc(OC)c1OCc1cc(C(=O)NN)no1. The van der Waals surface area contributed by atoms with Crippen LogP contribution in [0.15, 0.2) is 28.8 Å². The highest BCUT2D eigenvalue weighted by Crippen LogP contribution is 2.37. The van der Waals surface area contributed by atoms with Crippen molar-refractivity contribution in [3.8, 4) is 17.2 Å². The number of hydrogen-bond acceptors (Lipinski definition) is 7. The van der Waals surface area contributed by atoms with Crippen LogP contribution in [0.5, 0.6) is 17.2 Å². The third-order valence-corrected chi connectivity index (χ3v) is 2.66. The molecule has 0 fully saturated rings. The molecule has 0 aliphatic carbocycles. The molecule has 0 aliphatic rings. The molecule has 0 radical (unpaired) electrons. The van der Waals surface area contributed by atoms with Gasteiger partial charge in [-0.1, -0.05) is 11.2 Å². The summed E-state index contributed by atoms with van der Waals surface area (Å²) in [6, 6.07) is 6.70. The lowest BCUT2D eigenvalue weighted by atomic mass is 10.3. The molecule has 112 valence electrons. The third-order valence-electron chi connectivity index (χ3n) is 2.66. The number of methoxy groups -OCH3 is 2. The van der Waals surface area contributed by atoms with Crippen molar-refractivity contribution in [3.05, 3.63) is 35.7 Å². The van der Waals surface area contributed by atoms with Crippen LogP contribution >= 0.6 is 0 Å². The van der Waals surface area contributed by atoms with E-state index in [1.54, 1.807) is 18.2 Å². The maximum Gasteiger partial charge on any atom is 0.287 e. The monoisotopic (exact) mass is 293 g/mol. The molecule has 0 bridgehead atoms. The lowest BCUT2D eigenvalue weighted by Gasteiger charge is -2.12. The van der Waals surface area contributed by atoms with E-state index in [4.69, 9.17) is 24.6 Å². The fraction of sp³-hybridized carbons (Fsp3) is 0.231. The fourth-order valence-electron chi connectivity index (χ4n) is 1.66. The van der Waals surface area contributed by atoms with Crippen LogP contribution in [0.3, 0.4) is 0 Å². The highest BCUT2D eigenvalue weighted by molar-refractivity contribution is 5.91. The van der Waals surface area contributed by atoms with Gasteiger partial charge in [0, 0.05) is 6.07 Å². The molecule has 3 N–H and O–H groups in total. The lowest BCUT2D eigenvalue weighted by molar-refractivity contribution is 0.0944. The topological polar surface area (TPSA) is 109 Å². The van der Waals surface area contributed by atoms with Crippen molar-refractivity contribution in [2.24, 2.45) is 5.84 Å². The zero-order chi connectivity index (χ0) is 15.2. The zero-order valence-electron chi connectivity index (χ0n) is 11.6. The van der Waals surface area contributed by atoms with Crippen molar-refractivity contribution in [3.63, 3.8) is 0 Å². The summed E-state index contributed by atoms with van der Waals surface area (Å²) in [5.74, 6) is 6.31. The minimum absolute atomic E-state index is 0.0571. The Hall–Kier alpha value is -2.74. The highest BCUT2D eigenvalue weighted by atomic mass is 16.5. The third kappa shape index (κ3) is 3.23. The van der Waals surface area contributed by atoms with E-state index < -0.39 is 5.91 Å². The smallest absolute Gasteiger partial charge is 0.287 e. The van der Waals surface area contributed by atoms with Crippen molar-refractivity contribution in [2.45, 2.75) is 6.61 Å². The molecule has 0 saturated carbocycles. The summed E-state index contributed by atoms with van der Waals surface area (Å²) >= 11 is 0. The van der Waals surface area contributed by atoms with Crippen molar-refractivity contribution >= 4 is 5.91 Å². The van der Waals surface area contributed by atoms with Crippen LogP contribution in [0, 0.1) is 0 Å². The molecule has 0 aliphatic heterocycles. The molecule has 0 atom stereocenters. The van der Waals surface area contributed by atoms with E-state index in [0.29, 0.717) is 23.0 Å². The van der Waals surface area contributed by atoms with Gasteiger partial charge in [-0.05, 0) is 12.1 Å². The maximum absolute atomic E-state index is 11.3. The average molecular weight is 293 g/mol. The largest absolute Gasteiger partial charge is 0.493 e. The number of benzene rings is 1. The van der Waals surface area contributed by atoms with Gasteiger partial charge in [0.2, 0.25) is 5.75 Å². The van der Waals surface area contributed by atoms with Gasteiger partial charge in [-0.15, -0.1) is 0 Å². The molecule has 1 amide bonds. The van der Waals surface area contributed by atoms with E-state index in [1.807, 2.05) is 5.43 Å². The van der Waals surface area contributed by atoms with Gasteiger partial charge in [0.15, 0.2) is 23.0 Å². The summed E-state index contributed by atoms with van der Waals surface area (Å²) in [5.41, 5.74) is 2.03. The number of hydrazine groups is 1. The molecule has 8 nitrogen and oxygen atoms in total. The summed E-state index contributed by atoms with van der Waals surface area (Å²) < 4.78 is 21.0. The minimum Gasteiger partial charge on any atom is -0.493 e. The number of nitrogen functional groups attached to an aromatic ring is 1. The first kappa shape index (κ1) is 14.7. The zero-order valence-corrected chi connectivity index (χ0v) is 11.6. The number of hydrogen-bond donors (Lipinski definition) is 2. The highest BCUT2D eigenvalue weighted by Gasteiger charge is 2.15. The number of ether oxygens (including phenoxy) is 3. The van der Waals surface area contributed by atoms with Crippen LogP contribution in [-0.2, 0) is 6.61 Å². The fourth-order valence-corrected chi connectivity index (χ4v) is 1.66. The van der Waals surface area contributed by atoms with E-state index in [1.165, 1.54) is 20.3 Å². The predicted molar refractivity (Wildman–Crippen MR) is 72.0 cm³/mol. The van der Waals surface area contributed by atoms with Crippen molar-refractivity contribution in [1.82, 2.24) is 10.6 Å². The Morgan fingerprint density at radius 1 is 1.33 bits per heavy atom. The van der Waals surface area contributed by atoms with Crippen LogP contribution in [0.2, 0.25) is 0 Å². The summed E-state index contributed by atoms with van der Waals surface area (Å²) in [7, 11) is 3.06. The average Bonchev–Trinajstić information content (AvgIpc) is 3.00. The van der Waals surface area contributed by atoms with Crippen molar-refractivity contribution < 1.29 is 23.5 Å². The first-order valence-corrected chi connectivity index (χ1v) is 6.00. The Kier molecular flexibility index (Phi) is 4.62. The van der Waals surface area contributed by atoms with Gasteiger partial charge >= 0.3 is 0 Å². The number of amides is 1. The summed E-state index contributed by atoms with van der Waals surface area (Å²) in [4.78, 5) is 11.3. The minimum atomic E-state index is -0.542. The molecule has 1 aromatic carbocycles. The molecule has 8 heteroatoms. The van der Waals surface area contributed by atoms with Crippen LogP contribution in [0.4, 0.5) is 0 Å². The van der Waals surface area contributed by atoms with Crippen molar-refractivity contribution in [1.29, 1.82) is 0 Å². The number of nitrogens with zero attached hydrogens (tertiary/aromatic N) is 1. The molecule has 21 heavy (non-hydrogen) atoms. The van der Waals surface area contributed by atoms with Crippen LogP contribution in [0.25, 0.3) is 0 Å². The lowest BCUT2D eigenvalue weighted by Crippen LogP contribution is -2.30. The Balaban J connectivity index is 2.13. The quantitative estimate of drug-likeness (QED) is 0.462. The molecule has 2 rings (SSSR count). The number of nitrogens with one attached hydrogen (secondary N) is 1. The van der Waals surface area contributed by atoms with E-state index in [2.05, 4.69) is 5.16 Å². The molecular weight excluding hydrogens is 278 g/mol. The van der Waals surface area contributed by atoms with Gasteiger partial charge in [0.25, 0.3) is 5.91 Å². The summed E-state index contributed by atoms with van der Waals surface area (Å²) in [6.45, 7) is 0.0571. The first-order valence-electron chi connectivity index (χ1n) is 6.00. The number of para-hydroxylation sites is 1. The van der Waals surface area contributed by atoms with Crippen LogP contribution < -0.4 is 25.5 Å². The van der Waals surface area contributed by atoms with E-state index >= 15 is 0 Å². The van der Waals surface area contributed by atoms with Gasteiger partial charge in [0.1, 0.15) is 6.61 Å². The molecular formula is C13H15N3O5. The predicted octanol–water partition coefficient (Wildman–Crippen LogP) is 0.874. The second-order valence-electron chi connectivity index (χ2n) is 3.93. The Labute approximate surface area is 120 Å². The molecule has 1 heterocycles.